The number of sulfonamides is 1. The number of rotatable bonds is 6. The van der Waals surface area contributed by atoms with Crippen molar-refractivity contribution in [1.29, 1.82) is 0 Å². The van der Waals surface area contributed by atoms with Gasteiger partial charge >= 0.3 is 0 Å². The van der Waals surface area contributed by atoms with Crippen LogP contribution in [0.2, 0.25) is 0 Å². The molecule has 1 aliphatic rings. The lowest BCUT2D eigenvalue weighted by Gasteiger charge is -2.15. The number of alkyl halides is 1. The van der Waals surface area contributed by atoms with Crippen LogP contribution < -0.4 is 0 Å². The summed E-state index contributed by atoms with van der Waals surface area (Å²) in [5.41, 5.74) is 0. The third-order valence-corrected chi connectivity index (χ3v) is 5.49. The number of halogens is 1. The summed E-state index contributed by atoms with van der Waals surface area (Å²) in [4.78, 5) is 0.273. The van der Waals surface area contributed by atoms with E-state index in [0.717, 1.165) is 19.3 Å². The highest BCUT2D eigenvalue weighted by Gasteiger charge is 2.32. The van der Waals surface area contributed by atoms with E-state index in [1.54, 1.807) is 15.2 Å². The van der Waals surface area contributed by atoms with Crippen LogP contribution in [-0.4, -0.2) is 41.5 Å². The Bertz CT molecular complexity index is 515. The lowest BCUT2D eigenvalue weighted by Crippen LogP contribution is -2.28. The molecule has 7 heteroatoms. The SMILES string of the molecule is CCCC1CCN(S(=O)(=O)c2cnn(CCCl)c2)C1. The second-order valence-corrected chi connectivity index (χ2v) is 7.25. The molecule has 1 aromatic rings. The topological polar surface area (TPSA) is 55.2 Å². The summed E-state index contributed by atoms with van der Waals surface area (Å²) in [6, 6.07) is 0. The monoisotopic (exact) mass is 305 g/mol. The zero-order chi connectivity index (χ0) is 13.9. The van der Waals surface area contributed by atoms with Crippen LogP contribution in [0, 0.1) is 5.92 Å². The van der Waals surface area contributed by atoms with Crippen molar-refractivity contribution in [3.63, 3.8) is 0 Å². The van der Waals surface area contributed by atoms with E-state index in [-0.39, 0.29) is 4.90 Å². The minimum Gasteiger partial charge on any atom is -0.270 e. The lowest BCUT2D eigenvalue weighted by atomic mass is 10.0. The van der Waals surface area contributed by atoms with Gasteiger partial charge in [-0.2, -0.15) is 9.40 Å². The molecule has 5 nitrogen and oxygen atoms in total. The summed E-state index contributed by atoms with van der Waals surface area (Å²) in [7, 11) is -3.38. The number of aryl methyl sites for hydroxylation is 1. The van der Waals surface area contributed by atoms with Crippen molar-refractivity contribution in [3.05, 3.63) is 12.4 Å². The molecule has 0 aliphatic carbocycles. The summed E-state index contributed by atoms with van der Waals surface area (Å²) < 4.78 is 28.0. The van der Waals surface area contributed by atoms with Crippen molar-refractivity contribution in [2.24, 2.45) is 5.92 Å². The van der Waals surface area contributed by atoms with Crippen molar-refractivity contribution in [1.82, 2.24) is 14.1 Å². The molecule has 2 rings (SSSR count). The van der Waals surface area contributed by atoms with Gasteiger partial charge in [-0.05, 0) is 18.8 Å². The zero-order valence-electron chi connectivity index (χ0n) is 11.1. The predicted molar refractivity (Wildman–Crippen MR) is 74.7 cm³/mol. The Morgan fingerprint density at radius 2 is 2.32 bits per heavy atom. The van der Waals surface area contributed by atoms with Gasteiger partial charge in [-0.3, -0.25) is 4.68 Å². The van der Waals surface area contributed by atoms with Gasteiger partial charge in [-0.15, -0.1) is 11.6 Å². The lowest BCUT2D eigenvalue weighted by molar-refractivity contribution is 0.444. The molecule has 1 atom stereocenters. The van der Waals surface area contributed by atoms with Crippen LogP contribution in [0.25, 0.3) is 0 Å². The molecule has 2 heterocycles. The number of nitrogens with zero attached hydrogens (tertiary/aromatic N) is 3. The van der Waals surface area contributed by atoms with Gasteiger partial charge < -0.3 is 0 Å². The van der Waals surface area contributed by atoms with Crippen molar-refractivity contribution >= 4 is 21.6 Å². The molecule has 0 saturated carbocycles. The average Bonchev–Trinajstić information content (AvgIpc) is 2.99. The van der Waals surface area contributed by atoms with Crippen LogP contribution in [0.5, 0.6) is 0 Å². The number of hydrogen-bond acceptors (Lipinski definition) is 3. The van der Waals surface area contributed by atoms with Gasteiger partial charge in [0.2, 0.25) is 10.0 Å². The molecule has 108 valence electrons. The maximum Gasteiger partial charge on any atom is 0.246 e. The summed E-state index contributed by atoms with van der Waals surface area (Å²) >= 11 is 5.62. The molecule has 0 aromatic carbocycles. The molecule has 0 spiro atoms. The van der Waals surface area contributed by atoms with Crippen LogP contribution in [-0.2, 0) is 16.6 Å². The van der Waals surface area contributed by atoms with E-state index >= 15 is 0 Å². The highest BCUT2D eigenvalue weighted by molar-refractivity contribution is 7.89. The van der Waals surface area contributed by atoms with Gasteiger partial charge in [0.15, 0.2) is 0 Å². The van der Waals surface area contributed by atoms with Crippen LogP contribution in [0.1, 0.15) is 26.2 Å². The molecular formula is C12H20ClN3O2S. The largest absolute Gasteiger partial charge is 0.270 e. The quantitative estimate of drug-likeness (QED) is 0.755. The van der Waals surface area contributed by atoms with Crippen LogP contribution in [0.3, 0.4) is 0 Å². The smallest absolute Gasteiger partial charge is 0.246 e. The fraction of sp³-hybridized carbons (Fsp3) is 0.750. The summed E-state index contributed by atoms with van der Waals surface area (Å²) in [5, 5.41) is 4.03. The first-order chi connectivity index (χ1) is 9.07. The van der Waals surface area contributed by atoms with E-state index in [0.29, 0.717) is 31.4 Å². The third kappa shape index (κ3) is 3.30. The van der Waals surface area contributed by atoms with E-state index in [9.17, 15) is 8.42 Å². The zero-order valence-corrected chi connectivity index (χ0v) is 12.7. The maximum absolute atomic E-state index is 12.4. The molecule has 0 radical (unpaired) electrons. The summed E-state index contributed by atoms with van der Waals surface area (Å²) in [6.07, 6.45) is 6.13. The average molecular weight is 306 g/mol. The second kappa shape index (κ2) is 6.24. The molecule has 1 unspecified atom stereocenters. The molecule has 19 heavy (non-hydrogen) atoms. The predicted octanol–water partition coefficient (Wildman–Crippen LogP) is 1.93. The highest BCUT2D eigenvalue weighted by Crippen LogP contribution is 2.26. The first kappa shape index (κ1) is 14.8. The van der Waals surface area contributed by atoms with Gasteiger partial charge in [0.25, 0.3) is 0 Å². The van der Waals surface area contributed by atoms with Crippen molar-refractivity contribution in [2.75, 3.05) is 19.0 Å². The number of hydrogen-bond donors (Lipinski definition) is 0. The van der Waals surface area contributed by atoms with E-state index in [4.69, 9.17) is 11.6 Å². The Morgan fingerprint density at radius 1 is 1.53 bits per heavy atom. The van der Waals surface area contributed by atoms with Gasteiger partial charge in [0, 0.05) is 25.2 Å². The third-order valence-electron chi connectivity index (χ3n) is 3.51. The first-order valence-corrected chi connectivity index (χ1v) is 8.64. The Balaban J connectivity index is 2.09. The molecule has 1 saturated heterocycles. The summed E-state index contributed by atoms with van der Waals surface area (Å²) in [5.74, 6) is 0.918. The van der Waals surface area contributed by atoms with E-state index in [2.05, 4.69) is 12.0 Å². The molecular weight excluding hydrogens is 286 g/mol. The van der Waals surface area contributed by atoms with Gasteiger partial charge in [-0.1, -0.05) is 13.3 Å². The van der Waals surface area contributed by atoms with Crippen LogP contribution in [0.15, 0.2) is 17.3 Å². The molecule has 1 aromatic heterocycles. The Morgan fingerprint density at radius 3 is 3.00 bits per heavy atom. The second-order valence-electron chi connectivity index (χ2n) is 4.93. The van der Waals surface area contributed by atoms with Gasteiger partial charge in [-0.25, -0.2) is 8.42 Å². The highest BCUT2D eigenvalue weighted by atomic mass is 35.5. The Kier molecular flexibility index (Phi) is 4.86. The maximum atomic E-state index is 12.4. The fourth-order valence-electron chi connectivity index (χ4n) is 2.50. The molecule has 0 amide bonds. The Hall–Kier alpha value is -0.590. The minimum absolute atomic E-state index is 0.273. The summed E-state index contributed by atoms with van der Waals surface area (Å²) in [6.45, 7) is 3.91. The van der Waals surface area contributed by atoms with E-state index in [1.165, 1.54) is 6.20 Å². The molecule has 0 N–H and O–H groups in total. The van der Waals surface area contributed by atoms with Crippen LogP contribution >= 0.6 is 11.6 Å². The fourth-order valence-corrected chi connectivity index (χ4v) is 4.15. The van der Waals surface area contributed by atoms with Crippen molar-refractivity contribution < 1.29 is 8.42 Å². The normalized spacial score (nSPS) is 21.1. The number of aromatic nitrogens is 2. The van der Waals surface area contributed by atoms with Gasteiger partial charge in [0.1, 0.15) is 4.90 Å². The molecule has 1 aliphatic heterocycles. The van der Waals surface area contributed by atoms with Crippen molar-refractivity contribution in [3.8, 4) is 0 Å². The first-order valence-electron chi connectivity index (χ1n) is 6.66. The minimum atomic E-state index is -3.38. The molecule has 0 bridgehead atoms. The van der Waals surface area contributed by atoms with E-state index < -0.39 is 10.0 Å². The standard InChI is InChI=1S/C12H20ClN3O2S/c1-2-3-11-4-6-16(9-11)19(17,18)12-8-14-15(10-12)7-5-13/h8,10-11H,2-7,9H2,1H3. The van der Waals surface area contributed by atoms with Crippen molar-refractivity contribution in [2.45, 2.75) is 37.6 Å². The van der Waals surface area contributed by atoms with Gasteiger partial charge in [0.05, 0.1) is 12.7 Å². The Labute approximate surface area is 119 Å². The van der Waals surface area contributed by atoms with E-state index in [1.807, 2.05) is 0 Å². The van der Waals surface area contributed by atoms with Crippen LogP contribution in [0.4, 0.5) is 0 Å². The molecule has 1 fully saturated rings.